The van der Waals surface area contributed by atoms with Crippen LogP contribution in [0.25, 0.3) is 5.57 Å². The molecular formula is C12H16ClNO2. The van der Waals surface area contributed by atoms with Crippen LogP contribution in [-0.2, 0) is 11.3 Å². The molecule has 16 heavy (non-hydrogen) atoms. The Labute approximate surface area is 101 Å². The summed E-state index contributed by atoms with van der Waals surface area (Å²) in [5.74, 6) is 1.08. The van der Waals surface area contributed by atoms with Crippen LogP contribution in [0.15, 0.2) is 12.8 Å². The lowest BCUT2D eigenvalue weighted by Gasteiger charge is -2.15. The number of pyridine rings is 1. The molecule has 0 aliphatic heterocycles. The van der Waals surface area contributed by atoms with Gasteiger partial charge >= 0.3 is 0 Å². The van der Waals surface area contributed by atoms with Crippen LogP contribution in [0.3, 0.4) is 0 Å². The first kappa shape index (κ1) is 13.0. The third kappa shape index (κ3) is 2.54. The van der Waals surface area contributed by atoms with Crippen LogP contribution < -0.4 is 4.74 Å². The molecule has 88 valence electrons. The van der Waals surface area contributed by atoms with Crippen molar-refractivity contribution < 1.29 is 9.47 Å². The molecule has 0 radical (unpaired) electrons. The summed E-state index contributed by atoms with van der Waals surface area (Å²) in [5, 5.41) is 0. The molecule has 1 aromatic heterocycles. The lowest BCUT2D eigenvalue weighted by atomic mass is 10.0. The molecule has 3 nitrogen and oxygen atoms in total. The molecule has 1 heterocycles. The number of ether oxygens (including phenoxy) is 2. The Morgan fingerprint density at radius 2 is 2.19 bits per heavy atom. The van der Waals surface area contributed by atoms with Gasteiger partial charge in [-0.3, -0.25) is 4.98 Å². The summed E-state index contributed by atoms with van der Waals surface area (Å²) in [6.07, 6.45) is 1.77. The van der Waals surface area contributed by atoms with Crippen molar-refractivity contribution in [3.63, 3.8) is 0 Å². The molecular weight excluding hydrogens is 226 g/mol. The minimum atomic E-state index is 0.358. The molecule has 0 saturated carbocycles. The predicted octanol–water partition coefficient (Wildman–Crippen LogP) is 2.80. The summed E-state index contributed by atoms with van der Waals surface area (Å²) in [4.78, 5) is 4.26. The summed E-state index contributed by atoms with van der Waals surface area (Å²) in [6, 6.07) is 0. The van der Waals surface area contributed by atoms with Crippen molar-refractivity contribution in [1.82, 2.24) is 4.98 Å². The number of rotatable bonds is 5. The van der Waals surface area contributed by atoms with E-state index >= 15 is 0 Å². The van der Waals surface area contributed by atoms with Crippen molar-refractivity contribution >= 4 is 17.2 Å². The number of methoxy groups -OCH3 is 2. The van der Waals surface area contributed by atoms with Crippen LogP contribution in [-0.4, -0.2) is 25.1 Å². The van der Waals surface area contributed by atoms with Gasteiger partial charge in [-0.2, -0.15) is 0 Å². The molecule has 0 unspecified atom stereocenters. The Balaban J connectivity index is 3.34. The van der Waals surface area contributed by atoms with Crippen molar-refractivity contribution in [2.24, 2.45) is 0 Å². The molecule has 0 aliphatic carbocycles. The number of alkyl halides is 1. The zero-order valence-corrected chi connectivity index (χ0v) is 10.6. The molecule has 0 saturated heterocycles. The first-order valence-corrected chi connectivity index (χ1v) is 5.44. The topological polar surface area (TPSA) is 31.4 Å². The van der Waals surface area contributed by atoms with Crippen LogP contribution in [0.4, 0.5) is 0 Å². The van der Waals surface area contributed by atoms with E-state index in [4.69, 9.17) is 21.1 Å². The van der Waals surface area contributed by atoms with Crippen molar-refractivity contribution in [2.75, 3.05) is 20.1 Å². The smallest absolute Gasteiger partial charge is 0.147 e. The SMILES string of the molecule is C=C(CCl)c1c(COC)cnc(C)c1OC. The lowest BCUT2D eigenvalue weighted by molar-refractivity contribution is 0.184. The van der Waals surface area contributed by atoms with E-state index in [-0.39, 0.29) is 0 Å². The number of aryl methyl sites for hydroxylation is 1. The van der Waals surface area contributed by atoms with E-state index in [0.717, 1.165) is 28.1 Å². The minimum Gasteiger partial charge on any atom is -0.494 e. The Morgan fingerprint density at radius 1 is 1.50 bits per heavy atom. The van der Waals surface area contributed by atoms with Gasteiger partial charge in [0.15, 0.2) is 0 Å². The first-order valence-electron chi connectivity index (χ1n) is 4.91. The van der Waals surface area contributed by atoms with Crippen molar-refractivity contribution in [1.29, 1.82) is 0 Å². The van der Waals surface area contributed by atoms with E-state index < -0.39 is 0 Å². The van der Waals surface area contributed by atoms with Gasteiger partial charge in [-0.25, -0.2) is 0 Å². The van der Waals surface area contributed by atoms with Crippen LogP contribution in [0.5, 0.6) is 5.75 Å². The number of allylic oxidation sites excluding steroid dienone is 1. The Hall–Kier alpha value is -1.06. The first-order chi connectivity index (χ1) is 7.65. The fraction of sp³-hybridized carbons (Fsp3) is 0.417. The molecule has 1 aromatic rings. The van der Waals surface area contributed by atoms with E-state index in [2.05, 4.69) is 11.6 Å². The Morgan fingerprint density at radius 3 is 2.69 bits per heavy atom. The number of nitrogens with zero attached hydrogens (tertiary/aromatic N) is 1. The summed E-state index contributed by atoms with van der Waals surface area (Å²) >= 11 is 5.82. The van der Waals surface area contributed by atoms with E-state index in [9.17, 15) is 0 Å². The second-order valence-electron chi connectivity index (χ2n) is 3.45. The van der Waals surface area contributed by atoms with Crippen LogP contribution >= 0.6 is 11.6 Å². The summed E-state index contributed by atoms with van der Waals surface area (Å²) in [7, 11) is 3.26. The second kappa shape index (κ2) is 5.87. The number of halogens is 1. The van der Waals surface area contributed by atoms with Crippen LogP contribution in [0.2, 0.25) is 0 Å². The summed E-state index contributed by atoms with van der Waals surface area (Å²) in [6.45, 7) is 6.30. The second-order valence-corrected chi connectivity index (χ2v) is 3.71. The molecule has 0 aromatic carbocycles. The molecule has 0 amide bonds. The molecule has 0 aliphatic rings. The maximum atomic E-state index is 5.82. The maximum Gasteiger partial charge on any atom is 0.147 e. The van der Waals surface area contributed by atoms with Crippen LogP contribution in [0.1, 0.15) is 16.8 Å². The summed E-state index contributed by atoms with van der Waals surface area (Å²) in [5.41, 5.74) is 3.49. The van der Waals surface area contributed by atoms with E-state index in [1.165, 1.54) is 0 Å². The molecule has 0 atom stereocenters. The average Bonchev–Trinajstić information content (AvgIpc) is 2.30. The van der Waals surface area contributed by atoms with Gasteiger partial charge in [0.1, 0.15) is 5.75 Å². The summed E-state index contributed by atoms with van der Waals surface area (Å²) < 4.78 is 10.5. The normalized spacial score (nSPS) is 10.2. The zero-order chi connectivity index (χ0) is 12.1. The fourth-order valence-electron chi connectivity index (χ4n) is 1.59. The van der Waals surface area contributed by atoms with E-state index in [1.807, 2.05) is 6.92 Å². The molecule has 1 rings (SSSR count). The molecule has 0 N–H and O–H groups in total. The highest BCUT2D eigenvalue weighted by Crippen LogP contribution is 2.31. The highest BCUT2D eigenvalue weighted by Gasteiger charge is 2.15. The molecule has 0 fully saturated rings. The van der Waals surface area contributed by atoms with Gasteiger partial charge in [0.2, 0.25) is 0 Å². The zero-order valence-electron chi connectivity index (χ0n) is 9.84. The van der Waals surface area contributed by atoms with Crippen molar-refractivity contribution in [3.05, 3.63) is 29.6 Å². The van der Waals surface area contributed by atoms with Crippen LogP contribution in [0, 0.1) is 6.92 Å². The molecule has 4 heteroatoms. The fourth-order valence-corrected chi connectivity index (χ4v) is 1.73. The quantitative estimate of drug-likeness (QED) is 0.743. The highest BCUT2D eigenvalue weighted by molar-refractivity contribution is 6.23. The van der Waals surface area contributed by atoms with Gasteiger partial charge in [-0.05, 0) is 12.5 Å². The third-order valence-electron chi connectivity index (χ3n) is 2.31. The Kier molecular flexibility index (Phi) is 4.77. The largest absolute Gasteiger partial charge is 0.494 e. The lowest BCUT2D eigenvalue weighted by Crippen LogP contribution is -2.03. The predicted molar refractivity (Wildman–Crippen MR) is 66.0 cm³/mol. The Bertz CT molecular complexity index is 391. The molecule has 0 spiro atoms. The van der Waals surface area contributed by atoms with Gasteiger partial charge in [-0.15, -0.1) is 11.6 Å². The average molecular weight is 242 g/mol. The van der Waals surface area contributed by atoms with Crippen molar-refractivity contribution in [2.45, 2.75) is 13.5 Å². The standard InChI is InChI=1S/C12H16ClNO2/c1-8(5-13)11-10(7-15-3)6-14-9(2)12(11)16-4/h6H,1,5,7H2,2-4H3. The highest BCUT2D eigenvalue weighted by atomic mass is 35.5. The monoisotopic (exact) mass is 241 g/mol. The van der Waals surface area contributed by atoms with E-state index in [0.29, 0.717) is 12.5 Å². The van der Waals surface area contributed by atoms with Gasteiger partial charge in [0.05, 0.1) is 19.4 Å². The van der Waals surface area contributed by atoms with Gasteiger partial charge in [0, 0.05) is 30.3 Å². The third-order valence-corrected chi connectivity index (χ3v) is 2.63. The number of aromatic nitrogens is 1. The van der Waals surface area contributed by atoms with E-state index in [1.54, 1.807) is 20.4 Å². The molecule has 0 bridgehead atoms. The van der Waals surface area contributed by atoms with Crippen molar-refractivity contribution in [3.8, 4) is 5.75 Å². The number of hydrogen-bond acceptors (Lipinski definition) is 3. The maximum absolute atomic E-state index is 5.82. The van der Waals surface area contributed by atoms with Gasteiger partial charge < -0.3 is 9.47 Å². The minimum absolute atomic E-state index is 0.358. The van der Waals surface area contributed by atoms with Gasteiger partial charge in [-0.1, -0.05) is 6.58 Å². The number of hydrogen-bond donors (Lipinski definition) is 0. The van der Waals surface area contributed by atoms with Gasteiger partial charge in [0.25, 0.3) is 0 Å².